The highest BCUT2D eigenvalue weighted by molar-refractivity contribution is 5.38. The topological polar surface area (TPSA) is 21.3 Å². The first-order valence-electron chi connectivity index (χ1n) is 7.34. The molecular weight excluding hydrogens is 265 g/mol. The van der Waals surface area contributed by atoms with E-state index in [1.807, 2.05) is 32.0 Å². The smallest absolute Gasteiger partial charge is 0.166 e. The monoisotopic (exact) mass is 287 g/mol. The lowest BCUT2D eigenvalue weighted by Gasteiger charge is -2.10. The van der Waals surface area contributed by atoms with E-state index in [9.17, 15) is 4.39 Å². The summed E-state index contributed by atoms with van der Waals surface area (Å²) >= 11 is 0. The van der Waals surface area contributed by atoms with Crippen molar-refractivity contribution in [2.24, 2.45) is 0 Å². The number of nitrogens with one attached hydrogen (secondary N) is 1. The van der Waals surface area contributed by atoms with Crippen LogP contribution in [-0.4, -0.2) is 6.54 Å². The van der Waals surface area contributed by atoms with Gasteiger partial charge in [0.15, 0.2) is 11.6 Å². The van der Waals surface area contributed by atoms with E-state index < -0.39 is 0 Å². The Balaban J connectivity index is 2.10. The number of aryl methyl sites for hydroxylation is 2. The van der Waals surface area contributed by atoms with Gasteiger partial charge in [-0.25, -0.2) is 4.39 Å². The number of rotatable bonds is 6. The van der Waals surface area contributed by atoms with Crippen LogP contribution in [0, 0.1) is 19.7 Å². The first kappa shape index (κ1) is 15.5. The molecule has 2 rings (SSSR count). The van der Waals surface area contributed by atoms with Crippen LogP contribution in [0.4, 0.5) is 4.39 Å². The van der Waals surface area contributed by atoms with Crippen molar-refractivity contribution in [3.05, 3.63) is 58.9 Å². The molecule has 0 heterocycles. The quantitative estimate of drug-likeness (QED) is 0.775. The van der Waals surface area contributed by atoms with Crippen molar-refractivity contribution in [2.45, 2.75) is 33.7 Å². The number of ether oxygens (including phenoxy) is 1. The number of benzene rings is 2. The summed E-state index contributed by atoms with van der Waals surface area (Å²) in [6.07, 6.45) is 1.07. The number of hydrogen-bond donors (Lipinski definition) is 1. The second-order valence-electron chi connectivity index (χ2n) is 5.37. The second-order valence-corrected chi connectivity index (χ2v) is 5.37. The fourth-order valence-corrected chi connectivity index (χ4v) is 2.27. The predicted octanol–water partition coefficient (Wildman–Crippen LogP) is 4.73. The van der Waals surface area contributed by atoms with Crippen LogP contribution in [0.3, 0.4) is 0 Å². The third-order valence-corrected chi connectivity index (χ3v) is 3.18. The average molecular weight is 287 g/mol. The van der Waals surface area contributed by atoms with Crippen molar-refractivity contribution >= 4 is 0 Å². The van der Waals surface area contributed by atoms with Crippen LogP contribution in [-0.2, 0) is 6.54 Å². The molecule has 0 aliphatic carbocycles. The lowest BCUT2D eigenvalue weighted by Crippen LogP contribution is -2.13. The van der Waals surface area contributed by atoms with Gasteiger partial charge in [-0.1, -0.05) is 19.1 Å². The molecule has 0 aliphatic heterocycles. The van der Waals surface area contributed by atoms with Gasteiger partial charge in [-0.2, -0.15) is 0 Å². The van der Waals surface area contributed by atoms with Crippen molar-refractivity contribution in [3.63, 3.8) is 0 Å². The van der Waals surface area contributed by atoms with Gasteiger partial charge in [-0.05, 0) is 67.8 Å². The van der Waals surface area contributed by atoms with Crippen LogP contribution in [0.5, 0.6) is 11.5 Å². The molecule has 0 bridgehead atoms. The summed E-state index contributed by atoms with van der Waals surface area (Å²) in [4.78, 5) is 0. The molecule has 2 aromatic carbocycles. The highest BCUT2D eigenvalue weighted by atomic mass is 19.1. The first-order valence-corrected chi connectivity index (χ1v) is 7.34. The standard InChI is InChI=1S/C18H22FNO/c1-4-7-20-12-15-5-6-18(17(19)11-15)21-16-9-13(2)8-14(3)10-16/h5-6,8-11,20H,4,7,12H2,1-3H3. The maximum Gasteiger partial charge on any atom is 0.166 e. The average Bonchev–Trinajstić information content (AvgIpc) is 2.41. The van der Waals surface area contributed by atoms with Gasteiger partial charge in [0.25, 0.3) is 0 Å². The largest absolute Gasteiger partial charge is 0.454 e. The van der Waals surface area contributed by atoms with E-state index in [0.717, 1.165) is 29.7 Å². The number of halogens is 1. The molecule has 0 atom stereocenters. The Kier molecular flexibility index (Phi) is 5.34. The fourth-order valence-electron chi connectivity index (χ4n) is 2.27. The molecule has 21 heavy (non-hydrogen) atoms. The zero-order chi connectivity index (χ0) is 15.2. The molecule has 0 spiro atoms. The van der Waals surface area contributed by atoms with Crippen molar-refractivity contribution in [1.82, 2.24) is 5.32 Å². The normalized spacial score (nSPS) is 10.7. The van der Waals surface area contributed by atoms with Crippen LogP contribution in [0.25, 0.3) is 0 Å². The first-order chi connectivity index (χ1) is 10.1. The molecule has 0 aromatic heterocycles. The summed E-state index contributed by atoms with van der Waals surface area (Å²) in [6, 6.07) is 11.0. The molecule has 0 unspecified atom stereocenters. The highest BCUT2D eigenvalue weighted by Crippen LogP contribution is 2.26. The Morgan fingerprint density at radius 1 is 1.05 bits per heavy atom. The van der Waals surface area contributed by atoms with E-state index in [1.54, 1.807) is 6.07 Å². The summed E-state index contributed by atoms with van der Waals surface area (Å²) in [5.74, 6) is 0.604. The van der Waals surface area contributed by atoms with Gasteiger partial charge in [0.05, 0.1) is 0 Å². The van der Waals surface area contributed by atoms with Crippen LogP contribution < -0.4 is 10.1 Å². The molecular formula is C18H22FNO. The van der Waals surface area contributed by atoms with Crippen molar-refractivity contribution < 1.29 is 9.13 Å². The van der Waals surface area contributed by atoms with Crippen molar-refractivity contribution in [3.8, 4) is 11.5 Å². The van der Waals surface area contributed by atoms with Gasteiger partial charge in [0.2, 0.25) is 0 Å². The molecule has 0 fully saturated rings. The Labute approximate surface area is 126 Å². The van der Waals surface area contributed by atoms with E-state index >= 15 is 0 Å². The van der Waals surface area contributed by atoms with Gasteiger partial charge in [-0.15, -0.1) is 0 Å². The molecule has 3 heteroatoms. The summed E-state index contributed by atoms with van der Waals surface area (Å²) in [5.41, 5.74) is 3.13. The maximum absolute atomic E-state index is 14.1. The van der Waals surface area contributed by atoms with Crippen LogP contribution in [0.1, 0.15) is 30.0 Å². The summed E-state index contributed by atoms with van der Waals surface area (Å²) in [5, 5.41) is 3.26. The maximum atomic E-state index is 14.1. The molecule has 112 valence electrons. The summed E-state index contributed by atoms with van der Waals surface area (Å²) < 4.78 is 19.7. The van der Waals surface area contributed by atoms with Crippen molar-refractivity contribution in [1.29, 1.82) is 0 Å². The zero-order valence-corrected chi connectivity index (χ0v) is 12.9. The molecule has 0 saturated heterocycles. The third kappa shape index (κ3) is 4.57. The Bertz CT molecular complexity index is 590. The van der Waals surface area contributed by atoms with Gasteiger partial charge < -0.3 is 10.1 Å². The van der Waals surface area contributed by atoms with Crippen LogP contribution in [0.15, 0.2) is 36.4 Å². The Morgan fingerprint density at radius 2 is 1.76 bits per heavy atom. The van der Waals surface area contributed by atoms with E-state index in [1.165, 1.54) is 6.07 Å². The predicted molar refractivity (Wildman–Crippen MR) is 84.4 cm³/mol. The van der Waals surface area contributed by atoms with Gasteiger partial charge in [-0.3, -0.25) is 0 Å². The highest BCUT2D eigenvalue weighted by Gasteiger charge is 2.07. The van der Waals surface area contributed by atoms with E-state index in [-0.39, 0.29) is 11.6 Å². The molecule has 0 radical (unpaired) electrons. The lowest BCUT2D eigenvalue weighted by molar-refractivity contribution is 0.441. The Hall–Kier alpha value is -1.87. The minimum Gasteiger partial charge on any atom is -0.454 e. The van der Waals surface area contributed by atoms with Crippen molar-refractivity contribution in [2.75, 3.05) is 6.54 Å². The Morgan fingerprint density at radius 3 is 2.38 bits per heavy atom. The van der Waals surface area contributed by atoms with E-state index in [2.05, 4.69) is 18.3 Å². The molecule has 0 aliphatic rings. The molecule has 2 nitrogen and oxygen atoms in total. The summed E-state index contributed by atoms with van der Waals surface area (Å²) in [6.45, 7) is 7.71. The SMILES string of the molecule is CCCNCc1ccc(Oc2cc(C)cc(C)c2)c(F)c1. The minimum absolute atomic E-state index is 0.263. The van der Waals surface area contributed by atoms with Gasteiger partial charge in [0.1, 0.15) is 5.75 Å². The van der Waals surface area contributed by atoms with E-state index in [4.69, 9.17) is 4.74 Å². The van der Waals surface area contributed by atoms with Crippen LogP contribution in [0.2, 0.25) is 0 Å². The van der Waals surface area contributed by atoms with Gasteiger partial charge in [0, 0.05) is 6.54 Å². The number of hydrogen-bond acceptors (Lipinski definition) is 2. The lowest BCUT2D eigenvalue weighted by atomic mass is 10.1. The molecule has 0 saturated carbocycles. The van der Waals surface area contributed by atoms with E-state index in [0.29, 0.717) is 12.3 Å². The minimum atomic E-state index is -0.329. The molecule has 0 amide bonds. The fraction of sp³-hybridized carbons (Fsp3) is 0.333. The van der Waals surface area contributed by atoms with Gasteiger partial charge >= 0.3 is 0 Å². The summed E-state index contributed by atoms with van der Waals surface area (Å²) in [7, 11) is 0. The third-order valence-electron chi connectivity index (χ3n) is 3.18. The zero-order valence-electron chi connectivity index (χ0n) is 12.9. The molecule has 2 aromatic rings. The molecule has 1 N–H and O–H groups in total. The van der Waals surface area contributed by atoms with Crippen LogP contribution >= 0.6 is 0 Å². The second kappa shape index (κ2) is 7.23.